The van der Waals surface area contributed by atoms with Gasteiger partial charge < -0.3 is 10.5 Å². The van der Waals surface area contributed by atoms with Crippen LogP contribution in [0.2, 0.25) is 0 Å². The average molecular weight is 298 g/mol. The number of methoxy groups -OCH3 is 1. The number of carbonyl (C=O) groups excluding carboxylic acids is 1. The average Bonchev–Trinajstić information content (AvgIpc) is 2.84. The second-order valence-electron chi connectivity index (χ2n) is 4.66. The summed E-state index contributed by atoms with van der Waals surface area (Å²) in [6.45, 7) is 0.407. The lowest BCUT2D eigenvalue weighted by Crippen LogP contribution is -2.31. The zero-order chi connectivity index (χ0) is 14.8. The van der Waals surface area contributed by atoms with Gasteiger partial charge in [0.05, 0.1) is 18.6 Å². The number of carbonyl (C=O) groups is 1. The Kier molecular flexibility index (Phi) is 4.17. The maximum Gasteiger partial charge on any atom is 0.305 e. The van der Waals surface area contributed by atoms with Crippen LogP contribution in [0.3, 0.4) is 0 Å². The molecular formula is C13H18N2O4S. The van der Waals surface area contributed by atoms with Crippen LogP contribution in [0.4, 0.5) is 11.4 Å². The lowest BCUT2D eigenvalue weighted by atomic mass is 10.1. The molecule has 0 bridgehead atoms. The molecule has 1 heterocycles. The van der Waals surface area contributed by atoms with Crippen LogP contribution in [-0.4, -0.2) is 33.8 Å². The number of benzene rings is 1. The van der Waals surface area contributed by atoms with Crippen LogP contribution >= 0.6 is 0 Å². The van der Waals surface area contributed by atoms with Crippen molar-refractivity contribution < 1.29 is 17.9 Å². The van der Waals surface area contributed by atoms with Crippen LogP contribution < -0.4 is 10.0 Å². The topological polar surface area (TPSA) is 89.7 Å². The molecule has 6 nitrogen and oxygen atoms in total. The minimum absolute atomic E-state index is 0.0731. The molecule has 0 fully saturated rings. The molecule has 1 aromatic rings. The molecular weight excluding hydrogens is 280 g/mol. The summed E-state index contributed by atoms with van der Waals surface area (Å²) >= 11 is 0. The van der Waals surface area contributed by atoms with E-state index in [0.717, 1.165) is 5.56 Å². The molecule has 0 aliphatic carbocycles. The van der Waals surface area contributed by atoms with Gasteiger partial charge in [0.1, 0.15) is 0 Å². The van der Waals surface area contributed by atoms with Crippen molar-refractivity contribution in [2.75, 3.05) is 29.4 Å². The van der Waals surface area contributed by atoms with E-state index in [1.807, 2.05) is 0 Å². The molecule has 2 rings (SSSR count). The van der Waals surface area contributed by atoms with Crippen LogP contribution in [0, 0.1) is 0 Å². The number of esters is 1. The van der Waals surface area contributed by atoms with Crippen molar-refractivity contribution in [3.63, 3.8) is 0 Å². The summed E-state index contributed by atoms with van der Waals surface area (Å²) in [6.07, 6.45) is 0.981. The van der Waals surface area contributed by atoms with E-state index in [1.54, 1.807) is 18.2 Å². The Balaban J connectivity index is 2.09. The Bertz CT molecular complexity index is 613. The number of nitrogens with two attached hydrogens (primary N) is 1. The molecule has 0 aromatic heterocycles. The van der Waals surface area contributed by atoms with Gasteiger partial charge in [0.2, 0.25) is 10.0 Å². The van der Waals surface area contributed by atoms with Gasteiger partial charge in [0, 0.05) is 24.2 Å². The first-order valence-electron chi connectivity index (χ1n) is 6.40. The van der Waals surface area contributed by atoms with Crippen molar-refractivity contribution in [2.45, 2.75) is 19.3 Å². The number of nitrogen functional groups attached to an aromatic ring is 1. The molecule has 110 valence electrons. The highest BCUT2D eigenvalue weighted by atomic mass is 32.2. The minimum atomic E-state index is -3.42. The number of hydrogen-bond acceptors (Lipinski definition) is 5. The summed E-state index contributed by atoms with van der Waals surface area (Å²) < 4.78 is 30.5. The van der Waals surface area contributed by atoms with Crippen LogP contribution in [0.15, 0.2) is 18.2 Å². The Hall–Kier alpha value is -1.76. The first kappa shape index (κ1) is 14.6. The highest BCUT2D eigenvalue weighted by Gasteiger charge is 2.30. The van der Waals surface area contributed by atoms with E-state index < -0.39 is 16.0 Å². The standard InChI is InChI=1S/C13H18N2O4S/c1-19-13(16)6-3-9-20(17,18)15-8-7-10-11(14)4-2-5-12(10)15/h2,4-5H,3,6-9,14H2,1H3. The van der Waals surface area contributed by atoms with Gasteiger partial charge in [-0.3, -0.25) is 9.10 Å². The van der Waals surface area contributed by atoms with Gasteiger partial charge in [0.15, 0.2) is 0 Å². The molecule has 0 amide bonds. The van der Waals surface area contributed by atoms with Gasteiger partial charge in [-0.2, -0.15) is 0 Å². The van der Waals surface area contributed by atoms with Crippen LogP contribution in [0.1, 0.15) is 18.4 Å². The maximum absolute atomic E-state index is 12.3. The molecule has 7 heteroatoms. The summed E-state index contributed by atoms with van der Waals surface area (Å²) in [5, 5.41) is 0. The highest BCUT2D eigenvalue weighted by molar-refractivity contribution is 7.92. The lowest BCUT2D eigenvalue weighted by Gasteiger charge is -2.19. The third-order valence-corrected chi connectivity index (χ3v) is 5.22. The zero-order valence-corrected chi connectivity index (χ0v) is 12.1. The summed E-state index contributed by atoms with van der Waals surface area (Å²) in [5.41, 5.74) is 8.01. The third-order valence-electron chi connectivity index (χ3n) is 3.37. The Labute approximate surface area is 118 Å². The van der Waals surface area contributed by atoms with Gasteiger partial charge >= 0.3 is 5.97 Å². The van der Waals surface area contributed by atoms with Crippen molar-refractivity contribution in [2.24, 2.45) is 0 Å². The molecule has 0 saturated heterocycles. The van der Waals surface area contributed by atoms with Crippen molar-refractivity contribution in [3.8, 4) is 0 Å². The largest absolute Gasteiger partial charge is 0.469 e. The predicted octanol–water partition coefficient (Wildman–Crippen LogP) is 0.914. The van der Waals surface area contributed by atoms with E-state index in [4.69, 9.17) is 5.73 Å². The normalized spacial score (nSPS) is 14.2. The summed E-state index contributed by atoms with van der Waals surface area (Å²) in [5.74, 6) is -0.470. The fraction of sp³-hybridized carbons (Fsp3) is 0.462. The third kappa shape index (κ3) is 2.87. The van der Waals surface area contributed by atoms with Crippen LogP contribution in [0.25, 0.3) is 0 Å². The number of ether oxygens (including phenoxy) is 1. The first-order valence-corrected chi connectivity index (χ1v) is 8.01. The number of nitrogens with zero attached hydrogens (tertiary/aromatic N) is 1. The second-order valence-corrected chi connectivity index (χ2v) is 6.68. The Morgan fingerprint density at radius 2 is 2.20 bits per heavy atom. The zero-order valence-electron chi connectivity index (χ0n) is 11.3. The van der Waals surface area contributed by atoms with E-state index in [0.29, 0.717) is 24.3 Å². The molecule has 2 N–H and O–H groups in total. The SMILES string of the molecule is COC(=O)CCCS(=O)(=O)N1CCc2c(N)cccc21. The van der Waals surface area contributed by atoms with E-state index in [2.05, 4.69) is 4.74 Å². The van der Waals surface area contributed by atoms with Gasteiger partial charge in [-0.1, -0.05) is 6.07 Å². The molecule has 0 spiro atoms. The molecule has 0 radical (unpaired) electrons. The molecule has 1 aromatic carbocycles. The molecule has 1 aliphatic rings. The molecule has 20 heavy (non-hydrogen) atoms. The van der Waals surface area contributed by atoms with E-state index >= 15 is 0 Å². The number of fused-ring (bicyclic) bond motifs is 1. The maximum atomic E-state index is 12.3. The fourth-order valence-corrected chi connectivity index (χ4v) is 3.90. The minimum Gasteiger partial charge on any atom is -0.469 e. The van der Waals surface area contributed by atoms with Gasteiger partial charge in [-0.05, 0) is 25.0 Å². The second kappa shape index (κ2) is 5.70. The number of rotatable bonds is 5. The Morgan fingerprint density at radius 3 is 2.90 bits per heavy atom. The van der Waals surface area contributed by atoms with Crippen LogP contribution in [-0.2, 0) is 26.0 Å². The number of sulfonamides is 1. The first-order chi connectivity index (χ1) is 9.45. The molecule has 0 saturated carbocycles. The number of hydrogen-bond donors (Lipinski definition) is 1. The fourth-order valence-electron chi connectivity index (χ4n) is 2.33. The van der Waals surface area contributed by atoms with Gasteiger partial charge in [-0.15, -0.1) is 0 Å². The molecule has 1 aliphatic heterocycles. The summed E-state index contributed by atoms with van der Waals surface area (Å²) in [7, 11) is -2.14. The van der Waals surface area contributed by atoms with Crippen molar-refractivity contribution in [1.82, 2.24) is 0 Å². The predicted molar refractivity (Wildman–Crippen MR) is 76.9 cm³/mol. The highest BCUT2D eigenvalue weighted by Crippen LogP contribution is 2.34. The summed E-state index contributed by atoms with van der Waals surface area (Å²) in [4.78, 5) is 11.0. The monoisotopic (exact) mass is 298 g/mol. The smallest absolute Gasteiger partial charge is 0.305 e. The number of anilines is 2. The van der Waals surface area contributed by atoms with Crippen molar-refractivity contribution in [3.05, 3.63) is 23.8 Å². The van der Waals surface area contributed by atoms with E-state index in [-0.39, 0.29) is 18.6 Å². The van der Waals surface area contributed by atoms with Gasteiger partial charge in [0.25, 0.3) is 0 Å². The lowest BCUT2D eigenvalue weighted by molar-refractivity contribution is -0.140. The van der Waals surface area contributed by atoms with Gasteiger partial charge in [-0.25, -0.2) is 8.42 Å². The van der Waals surface area contributed by atoms with Crippen LogP contribution in [0.5, 0.6) is 0 Å². The van der Waals surface area contributed by atoms with Crippen molar-refractivity contribution >= 4 is 27.4 Å². The molecule has 0 unspecified atom stereocenters. The summed E-state index contributed by atoms with van der Waals surface area (Å²) in [6, 6.07) is 5.28. The molecule has 0 atom stereocenters. The Morgan fingerprint density at radius 1 is 1.45 bits per heavy atom. The quantitative estimate of drug-likeness (QED) is 0.645. The van der Waals surface area contributed by atoms with E-state index in [9.17, 15) is 13.2 Å². The van der Waals surface area contributed by atoms with E-state index in [1.165, 1.54) is 11.4 Å². The van der Waals surface area contributed by atoms with Crippen molar-refractivity contribution in [1.29, 1.82) is 0 Å².